The fourth-order valence-electron chi connectivity index (χ4n) is 11.5. The summed E-state index contributed by atoms with van der Waals surface area (Å²) in [6, 6.07) is 61.7. The molecular formula is C71H32F3N11. The minimum atomic E-state index is -4.84. The van der Waals surface area contributed by atoms with E-state index in [2.05, 4.69) is 51.0 Å². The van der Waals surface area contributed by atoms with Crippen LogP contribution in [0.4, 0.5) is 30.2 Å². The lowest BCUT2D eigenvalue weighted by Gasteiger charge is -2.22. The zero-order valence-electron chi connectivity index (χ0n) is 44.3. The number of aromatic nitrogens is 2. The van der Waals surface area contributed by atoms with Crippen molar-refractivity contribution in [3.8, 4) is 103 Å². The molecule has 0 unspecified atom stereocenters. The second kappa shape index (κ2) is 20.6. The summed E-state index contributed by atoms with van der Waals surface area (Å²) >= 11 is 0. The van der Waals surface area contributed by atoms with Gasteiger partial charge in [0.1, 0.15) is 0 Å². The van der Waals surface area contributed by atoms with E-state index in [9.17, 15) is 31.6 Å². The van der Waals surface area contributed by atoms with Gasteiger partial charge in [0, 0.05) is 32.7 Å². The third kappa shape index (κ3) is 8.71. The molecule has 0 radical (unpaired) electrons. The molecule has 12 aromatic rings. The van der Waals surface area contributed by atoms with Gasteiger partial charge in [-0.2, -0.15) is 44.7 Å². The van der Waals surface area contributed by atoms with E-state index >= 15 is 13.2 Å². The molecule has 12 rings (SSSR count). The summed E-state index contributed by atoms with van der Waals surface area (Å²) in [4.78, 5) is 11.3. The summed E-state index contributed by atoms with van der Waals surface area (Å²) in [7, 11) is 0. The maximum Gasteiger partial charge on any atom is 0.416 e. The van der Waals surface area contributed by atoms with Crippen molar-refractivity contribution >= 4 is 60.7 Å². The van der Waals surface area contributed by atoms with E-state index in [4.69, 9.17) is 19.7 Å². The smallest absolute Gasteiger partial charge is 0.308 e. The molecule has 11 nitrogen and oxygen atoms in total. The number of nitriles is 6. The monoisotopic (exact) mass is 1100 g/mol. The molecule has 10 aromatic carbocycles. The van der Waals surface area contributed by atoms with Gasteiger partial charge in [-0.15, -0.1) is 0 Å². The minimum Gasteiger partial charge on any atom is -0.308 e. The lowest BCUT2D eigenvalue weighted by molar-refractivity contribution is -0.137. The molecule has 0 saturated heterocycles. The largest absolute Gasteiger partial charge is 0.416 e. The molecule has 0 saturated carbocycles. The van der Waals surface area contributed by atoms with Crippen LogP contribution >= 0.6 is 0 Å². The van der Waals surface area contributed by atoms with Gasteiger partial charge >= 0.3 is 6.18 Å². The highest BCUT2D eigenvalue weighted by Gasteiger charge is 2.35. The highest BCUT2D eigenvalue weighted by atomic mass is 19.4. The fourth-order valence-corrected chi connectivity index (χ4v) is 11.5. The Bertz CT molecular complexity index is 5120. The van der Waals surface area contributed by atoms with Gasteiger partial charge in [0.15, 0.2) is 17.1 Å². The number of benzene rings is 10. The number of alkyl halides is 3. The van der Waals surface area contributed by atoms with Crippen LogP contribution in [-0.2, 0) is 6.18 Å². The van der Waals surface area contributed by atoms with Crippen molar-refractivity contribution < 1.29 is 13.2 Å². The molecule has 0 aliphatic carbocycles. The molecule has 0 amide bonds. The molecule has 2 aromatic heterocycles. The first-order chi connectivity index (χ1) is 41.3. The molecular weight excluding hydrogens is 1060 g/mol. The molecule has 0 N–H and O–H groups in total. The Balaban J connectivity index is 1.24. The van der Waals surface area contributed by atoms with Gasteiger partial charge < -0.3 is 9.13 Å². The summed E-state index contributed by atoms with van der Waals surface area (Å²) in [6.45, 7) is 26.0. The van der Waals surface area contributed by atoms with E-state index in [1.54, 1.807) is 73.7 Å². The van der Waals surface area contributed by atoms with Crippen LogP contribution in [0.5, 0.6) is 0 Å². The lowest BCUT2D eigenvalue weighted by atomic mass is 9.92. The number of nitrogens with zero attached hydrogens (tertiary/aromatic N) is 11. The zero-order chi connectivity index (χ0) is 59.4. The van der Waals surface area contributed by atoms with Crippen LogP contribution in [0, 0.1) is 94.6 Å². The summed E-state index contributed by atoms with van der Waals surface area (Å²) in [5, 5.41) is 63.0. The second-order valence-corrected chi connectivity index (χ2v) is 19.9. The first kappa shape index (κ1) is 52.7. The number of halogens is 3. The number of hydrogen-bond acceptors (Lipinski definition) is 6. The Morgan fingerprint density at radius 2 is 0.788 bits per heavy atom. The minimum absolute atomic E-state index is 0.000345. The van der Waals surface area contributed by atoms with Crippen LogP contribution in [-0.4, -0.2) is 9.13 Å². The van der Waals surface area contributed by atoms with E-state index in [1.807, 2.05) is 81.9 Å². The van der Waals surface area contributed by atoms with Crippen molar-refractivity contribution in [3.05, 3.63) is 255 Å². The second-order valence-electron chi connectivity index (χ2n) is 19.9. The van der Waals surface area contributed by atoms with Crippen molar-refractivity contribution in [2.24, 2.45) is 0 Å². The van der Waals surface area contributed by atoms with Crippen LogP contribution in [0.3, 0.4) is 0 Å². The van der Waals surface area contributed by atoms with Crippen molar-refractivity contribution in [3.63, 3.8) is 0 Å². The third-order valence-electron chi connectivity index (χ3n) is 15.4. The number of fused-ring (bicyclic) bond motifs is 6. The van der Waals surface area contributed by atoms with E-state index in [1.165, 1.54) is 30.3 Å². The molecule has 85 heavy (non-hydrogen) atoms. The normalized spacial score (nSPS) is 11.0. The van der Waals surface area contributed by atoms with E-state index in [0.29, 0.717) is 105 Å². The predicted molar refractivity (Wildman–Crippen MR) is 319 cm³/mol. The van der Waals surface area contributed by atoms with Gasteiger partial charge in [-0.3, -0.25) is 0 Å². The first-order valence-electron chi connectivity index (χ1n) is 25.9. The van der Waals surface area contributed by atoms with Crippen LogP contribution in [0.15, 0.2) is 176 Å². The van der Waals surface area contributed by atoms with Crippen molar-refractivity contribution in [1.29, 1.82) is 31.6 Å². The van der Waals surface area contributed by atoms with Gasteiger partial charge in [0.05, 0.1) is 117 Å². The maximum atomic E-state index is 15.4. The van der Waals surface area contributed by atoms with Crippen LogP contribution in [0.25, 0.3) is 125 Å². The molecule has 0 fully saturated rings. The molecule has 0 atom stereocenters. The van der Waals surface area contributed by atoms with Gasteiger partial charge in [-0.25, -0.2) is 14.5 Å². The van der Waals surface area contributed by atoms with Crippen molar-refractivity contribution in [2.75, 3.05) is 0 Å². The molecule has 0 aliphatic heterocycles. The Hall–Kier alpha value is -13.0. The highest BCUT2D eigenvalue weighted by Crippen LogP contribution is 2.49. The maximum absolute atomic E-state index is 15.4. The molecule has 0 aliphatic rings. The number of aryl methyl sites for hydroxylation is 1. The Labute approximate surface area is 483 Å². The van der Waals surface area contributed by atoms with Gasteiger partial charge in [0.2, 0.25) is 0 Å². The van der Waals surface area contributed by atoms with E-state index < -0.39 is 11.7 Å². The van der Waals surface area contributed by atoms with E-state index in [0.717, 1.165) is 6.07 Å². The summed E-state index contributed by atoms with van der Waals surface area (Å²) in [5.41, 5.74) is 8.72. The topological polar surface area (TPSA) is 166 Å². The average Bonchev–Trinajstić information content (AvgIpc) is 2.59. The van der Waals surface area contributed by atoms with Crippen LogP contribution in [0.2, 0.25) is 0 Å². The number of rotatable bonds is 7. The SMILES string of the molecule is [C-]#[N+]c1ccc(-c2ccc3c(c2)c2cc(-c4ccc(C#N)cc4[N+]#[C-])ccc2n3-c2cc([N+]#[C-])c(-c3c(C)cccc3C(F)(F)F)cc2-n2c3ccc(-c4ccc(C#N)cc4C#N)cc3c3cc(-c4ccc(C#N)cc4C#N)ccc32)c(C#N)c1. The third-order valence-corrected chi connectivity index (χ3v) is 15.4. The van der Waals surface area contributed by atoms with Crippen molar-refractivity contribution in [2.45, 2.75) is 13.1 Å². The molecule has 392 valence electrons. The Morgan fingerprint density at radius 3 is 1.21 bits per heavy atom. The van der Waals surface area contributed by atoms with Crippen LogP contribution < -0.4 is 0 Å². The van der Waals surface area contributed by atoms with Gasteiger partial charge in [-0.05, 0) is 177 Å². The van der Waals surface area contributed by atoms with Crippen molar-refractivity contribution in [1.82, 2.24) is 9.13 Å². The van der Waals surface area contributed by atoms with Crippen LogP contribution in [0.1, 0.15) is 44.5 Å². The number of hydrogen-bond donors (Lipinski definition) is 0. The molecule has 0 spiro atoms. The molecule has 14 heteroatoms. The highest BCUT2D eigenvalue weighted by molar-refractivity contribution is 6.15. The standard InChI is InChI=1S/C71H32F3N11/c1-40-6-5-7-61(71(72,73)74)70(40)60-32-68(84-64-20-11-44(52-16-8-41(34-75)24-48(52)37-78)28-56(64)57-29-45(12-21-65(57)84)53-17-9-42(35-76)25-49(53)38-79)69(33-63(60)83-4)85-66-22-13-46(54-19-15-51(81-2)27-50(54)39-80)30-58(66)59-31-47(14-23-67(59)85)55-18-10-43(36-77)26-62(55)82-3/h5-33H,1H3. The first-order valence-corrected chi connectivity index (χ1v) is 25.9. The zero-order valence-corrected chi connectivity index (χ0v) is 44.3. The average molecular weight is 1100 g/mol. The lowest BCUT2D eigenvalue weighted by Crippen LogP contribution is -2.09. The quantitative estimate of drug-likeness (QED) is 0.144. The summed E-state index contributed by atoms with van der Waals surface area (Å²) in [6.07, 6.45) is -4.84. The van der Waals surface area contributed by atoms with Gasteiger partial charge in [0.25, 0.3) is 0 Å². The summed E-state index contributed by atoms with van der Waals surface area (Å²) in [5.74, 6) is 0. The molecule has 2 heterocycles. The predicted octanol–water partition coefficient (Wildman–Crippen LogP) is 18.4. The molecule has 0 bridgehead atoms. The Kier molecular flexibility index (Phi) is 12.8. The fraction of sp³-hybridized carbons (Fsp3) is 0.0282. The van der Waals surface area contributed by atoms with E-state index in [-0.39, 0.29) is 61.6 Å². The van der Waals surface area contributed by atoms with Gasteiger partial charge in [-0.1, -0.05) is 66.7 Å². The summed E-state index contributed by atoms with van der Waals surface area (Å²) < 4.78 is 50.1. The Morgan fingerprint density at radius 1 is 0.388 bits per heavy atom.